The van der Waals surface area contributed by atoms with E-state index in [0.29, 0.717) is 6.04 Å². The Morgan fingerprint density at radius 1 is 1.30 bits per heavy atom. The van der Waals surface area contributed by atoms with Crippen LogP contribution < -0.4 is 15.4 Å². The molecule has 0 bridgehead atoms. The summed E-state index contributed by atoms with van der Waals surface area (Å²) in [5, 5.41) is 6.25. The van der Waals surface area contributed by atoms with Crippen LogP contribution >= 0.6 is 12.4 Å². The highest BCUT2D eigenvalue weighted by Crippen LogP contribution is 2.19. The number of nitrogens with one attached hydrogen (secondary N) is 3. The number of anilines is 1. The standard InChI is InChI=1S/C15H23N3O3S.ClH/c1-11-9-13(7-8-16-11)15(19)18-14-5-3-12(4-6-14)10-17-22(2,20)21;/h3-6,11,13,16-17H,7-10H2,1-2H3,(H,18,19);1H/t11-,13-;/m0./s1. The van der Waals surface area contributed by atoms with Crippen LogP contribution in [0.15, 0.2) is 24.3 Å². The molecule has 0 aliphatic carbocycles. The summed E-state index contributed by atoms with van der Waals surface area (Å²) in [4.78, 5) is 12.2. The molecule has 0 saturated carbocycles. The van der Waals surface area contributed by atoms with Crippen LogP contribution in [0.25, 0.3) is 0 Å². The summed E-state index contributed by atoms with van der Waals surface area (Å²) >= 11 is 0. The zero-order valence-corrected chi connectivity index (χ0v) is 15.0. The predicted octanol–water partition coefficient (Wildman–Crippen LogP) is 1.48. The minimum Gasteiger partial charge on any atom is -0.326 e. The van der Waals surface area contributed by atoms with Crippen LogP contribution in [0, 0.1) is 5.92 Å². The molecule has 0 aromatic heterocycles. The number of benzene rings is 1. The van der Waals surface area contributed by atoms with E-state index in [1.807, 2.05) is 0 Å². The molecule has 0 unspecified atom stereocenters. The lowest BCUT2D eigenvalue weighted by atomic mass is 9.92. The molecule has 23 heavy (non-hydrogen) atoms. The van der Waals surface area contributed by atoms with Crippen molar-refractivity contribution >= 4 is 34.0 Å². The van der Waals surface area contributed by atoms with E-state index in [-0.39, 0.29) is 30.8 Å². The molecule has 1 aromatic carbocycles. The second-order valence-corrected chi connectivity index (χ2v) is 7.69. The molecule has 1 aromatic rings. The molecule has 1 fully saturated rings. The summed E-state index contributed by atoms with van der Waals surface area (Å²) < 4.78 is 24.5. The fourth-order valence-corrected chi connectivity index (χ4v) is 2.96. The molecule has 0 radical (unpaired) electrons. The highest BCUT2D eigenvalue weighted by molar-refractivity contribution is 7.88. The van der Waals surface area contributed by atoms with Crippen LogP contribution in [0.1, 0.15) is 25.3 Å². The van der Waals surface area contributed by atoms with Gasteiger partial charge in [-0.2, -0.15) is 0 Å². The molecule has 2 atom stereocenters. The van der Waals surface area contributed by atoms with Gasteiger partial charge in [-0.3, -0.25) is 4.79 Å². The Labute approximate surface area is 143 Å². The van der Waals surface area contributed by atoms with Gasteiger partial charge in [0, 0.05) is 24.2 Å². The normalized spacial score (nSPS) is 21.3. The summed E-state index contributed by atoms with van der Waals surface area (Å²) in [6.45, 7) is 3.21. The highest BCUT2D eigenvalue weighted by Gasteiger charge is 2.24. The number of carbonyl (C=O) groups is 1. The summed E-state index contributed by atoms with van der Waals surface area (Å²) in [5.74, 6) is 0.0955. The summed E-state index contributed by atoms with van der Waals surface area (Å²) in [5.41, 5.74) is 1.58. The fraction of sp³-hybridized carbons (Fsp3) is 0.533. The van der Waals surface area contributed by atoms with Crippen molar-refractivity contribution in [3.8, 4) is 0 Å². The van der Waals surface area contributed by atoms with Gasteiger partial charge in [-0.05, 0) is 44.0 Å². The maximum atomic E-state index is 12.2. The maximum absolute atomic E-state index is 12.2. The van der Waals surface area contributed by atoms with Crippen molar-refractivity contribution in [3.63, 3.8) is 0 Å². The third kappa shape index (κ3) is 6.87. The monoisotopic (exact) mass is 361 g/mol. The smallest absolute Gasteiger partial charge is 0.227 e. The number of sulfonamides is 1. The number of rotatable bonds is 5. The van der Waals surface area contributed by atoms with Gasteiger partial charge in [0.05, 0.1) is 6.26 Å². The number of hydrogen-bond donors (Lipinski definition) is 3. The lowest BCUT2D eigenvalue weighted by Gasteiger charge is -2.27. The molecular weight excluding hydrogens is 338 g/mol. The van der Waals surface area contributed by atoms with E-state index in [1.165, 1.54) is 0 Å². The Hall–Kier alpha value is -1.15. The third-order valence-corrected chi connectivity index (χ3v) is 4.42. The van der Waals surface area contributed by atoms with Gasteiger partial charge < -0.3 is 10.6 Å². The fourth-order valence-electron chi connectivity index (χ4n) is 2.53. The third-order valence-electron chi connectivity index (χ3n) is 3.75. The second-order valence-electron chi connectivity index (χ2n) is 5.86. The molecule has 130 valence electrons. The van der Waals surface area contributed by atoms with Crippen molar-refractivity contribution in [1.29, 1.82) is 0 Å². The van der Waals surface area contributed by atoms with Crippen molar-refractivity contribution in [2.45, 2.75) is 32.4 Å². The van der Waals surface area contributed by atoms with Gasteiger partial charge >= 0.3 is 0 Å². The molecule has 1 aliphatic rings. The molecule has 3 N–H and O–H groups in total. The van der Waals surface area contributed by atoms with Gasteiger partial charge in [-0.25, -0.2) is 13.1 Å². The zero-order chi connectivity index (χ0) is 16.2. The molecular formula is C15H24ClN3O3S. The van der Waals surface area contributed by atoms with Crippen LogP contribution in [0.4, 0.5) is 5.69 Å². The Morgan fingerprint density at radius 2 is 1.96 bits per heavy atom. The van der Waals surface area contributed by atoms with E-state index < -0.39 is 10.0 Å². The average Bonchev–Trinajstić information content (AvgIpc) is 2.46. The quantitative estimate of drug-likeness (QED) is 0.741. The van der Waals surface area contributed by atoms with Gasteiger partial charge in [0.2, 0.25) is 15.9 Å². The van der Waals surface area contributed by atoms with Crippen LogP contribution in [0.5, 0.6) is 0 Å². The summed E-state index contributed by atoms with van der Waals surface area (Å²) in [6.07, 6.45) is 2.83. The van der Waals surface area contributed by atoms with E-state index in [0.717, 1.165) is 36.9 Å². The first kappa shape index (κ1) is 19.9. The molecule has 0 spiro atoms. The Bertz CT molecular complexity index is 619. The van der Waals surface area contributed by atoms with Crippen molar-refractivity contribution in [1.82, 2.24) is 10.0 Å². The predicted molar refractivity (Wildman–Crippen MR) is 94.2 cm³/mol. The first-order valence-corrected chi connectivity index (χ1v) is 9.30. The number of halogens is 1. The molecule has 1 amide bonds. The lowest BCUT2D eigenvalue weighted by molar-refractivity contribution is -0.120. The molecule has 1 heterocycles. The molecule has 6 nitrogen and oxygen atoms in total. The van der Waals surface area contributed by atoms with Gasteiger partial charge in [0.15, 0.2) is 0 Å². The first-order chi connectivity index (χ1) is 10.3. The second kappa shape index (κ2) is 8.63. The van der Waals surface area contributed by atoms with Crippen LogP contribution in [-0.2, 0) is 21.4 Å². The van der Waals surface area contributed by atoms with E-state index in [1.54, 1.807) is 24.3 Å². The average molecular weight is 362 g/mol. The lowest BCUT2D eigenvalue weighted by Crippen LogP contribution is -2.40. The van der Waals surface area contributed by atoms with Crippen LogP contribution in [0.2, 0.25) is 0 Å². The van der Waals surface area contributed by atoms with E-state index in [4.69, 9.17) is 0 Å². The number of piperidine rings is 1. The van der Waals surface area contributed by atoms with Crippen LogP contribution in [0.3, 0.4) is 0 Å². The number of amides is 1. The minimum absolute atomic E-state index is 0. The molecule has 1 aliphatic heterocycles. The van der Waals surface area contributed by atoms with Gasteiger partial charge in [-0.1, -0.05) is 12.1 Å². The first-order valence-electron chi connectivity index (χ1n) is 7.41. The maximum Gasteiger partial charge on any atom is 0.227 e. The van der Waals surface area contributed by atoms with Gasteiger partial charge in [0.25, 0.3) is 0 Å². The number of carbonyl (C=O) groups excluding carboxylic acids is 1. The van der Waals surface area contributed by atoms with E-state index in [2.05, 4.69) is 22.3 Å². The van der Waals surface area contributed by atoms with Crippen molar-refractivity contribution in [2.24, 2.45) is 5.92 Å². The molecule has 2 rings (SSSR count). The summed E-state index contributed by atoms with van der Waals surface area (Å²) in [7, 11) is -3.20. The van der Waals surface area contributed by atoms with E-state index >= 15 is 0 Å². The zero-order valence-electron chi connectivity index (χ0n) is 13.3. The molecule has 8 heteroatoms. The van der Waals surface area contributed by atoms with Gasteiger partial charge in [-0.15, -0.1) is 12.4 Å². The summed E-state index contributed by atoms with van der Waals surface area (Å²) in [6, 6.07) is 7.56. The minimum atomic E-state index is -3.20. The van der Waals surface area contributed by atoms with E-state index in [9.17, 15) is 13.2 Å². The Balaban J connectivity index is 0.00000264. The largest absolute Gasteiger partial charge is 0.326 e. The van der Waals surface area contributed by atoms with Crippen molar-refractivity contribution < 1.29 is 13.2 Å². The SMILES string of the molecule is C[C@H]1C[C@@H](C(=O)Nc2ccc(CNS(C)(=O)=O)cc2)CCN1.Cl. The van der Waals surface area contributed by atoms with Gasteiger partial charge in [0.1, 0.15) is 0 Å². The Kier molecular flexibility index (Phi) is 7.47. The Morgan fingerprint density at radius 3 is 2.52 bits per heavy atom. The van der Waals surface area contributed by atoms with Crippen molar-refractivity contribution in [2.75, 3.05) is 18.1 Å². The van der Waals surface area contributed by atoms with Crippen molar-refractivity contribution in [3.05, 3.63) is 29.8 Å². The van der Waals surface area contributed by atoms with Crippen LogP contribution in [-0.4, -0.2) is 33.2 Å². The topological polar surface area (TPSA) is 87.3 Å². The molecule has 1 saturated heterocycles. The highest BCUT2D eigenvalue weighted by atomic mass is 35.5. The number of hydrogen-bond acceptors (Lipinski definition) is 4.